The second-order valence-electron chi connectivity index (χ2n) is 6.84. The Morgan fingerprint density at radius 3 is 2.64 bits per heavy atom. The summed E-state index contributed by atoms with van der Waals surface area (Å²) in [6.45, 7) is 1.40. The largest absolute Gasteiger partial charge is 0.382 e. The molecule has 2 heterocycles. The second-order valence-corrected chi connectivity index (χ2v) is 8.25. The van der Waals surface area contributed by atoms with Gasteiger partial charge in [0, 0.05) is 42.5 Å². The van der Waals surface area contributed by atoms with Crippen molar-refractivity contribution in [2.75, 3.05) is 23.7 Å². The Kier molecular flexibility index (Phi) is 5.11. The summed E-state index contributed by atoms with van der Waals surface area (Å²) in [6, 6.07) is 6.31. The van der Waals surface area contributed by atoms with E-state index in [0.29, 0.717) is 29.3 Å². The first-order valence-corrected chi connectivity index (χ1v) is 10.1. The van der Waals surface area contributed by atoms with Gasteiger partial charge in [-0.15, -0.1) is 0 Å². The lowest BCUT2D eigenvalue weighted by molar-refractivity contribution is 0.102. The van der Waals surface area contributed by atoms with E-state index in [-0.39, 0.29) is 17.3 Å². The van der Waals surface area contributed by atoms with Crippen LogP contribution >= 0.6 is 0 Å². The maximum Gasteiger partial charge on any atom is 0.255 e. The van der Waals surface area contributed by atoms with Crippen LogP contribution < -0.4 is 10.6 Å². The average Bonchev–Trinajstić information content (AvgIpc) is 2.83. The minimum atomic E-state index is -1.60. The summed E-state index contributed by atoms with van der Waals surface area (Å²) in [4.78, 5) is 13.0. The first kappa shape index (κ1) is 18.9. The van der Waals surface area contributed by atoms with E-state index in [4.69, 9.17) is 0 Å². The maximum atomic E-state index is 13.4. The van der Waals surface area contributed by atoms with Crippen molar-refractivity contribution in [2.24, 2.45) is 0 Å². The standard InChI is InChI=1S/C19H18F3N3O2S/c20-14-8-12(9-15(21)18(14)22)24-19(26)11-4-5-16-17(7-11)28(27)25-6-2-1-3-13(25)10-23-16/h4-5,7-9,13,23H,1-3,6,10H2,(H,24,26). The van der Waals surface area contributed by atoms with E-state index in [1.807, 2.05) is 4.31 Å². The third-order valence-electron chi connectivity index (χ3n) is 4.99. The summed E-state index contributed by atoms with van der Waals surface area (Å²) in [6.07, 6.45) is 3.02. The van der Waals surface area contributed by atoms with Crippen LogP contribution in [0.5, 0.6) is 0 Å². The van der Waals surface area contributed by atoms with Crippen molar-refractivity contribution < 1.29 is 22.2 Å². The quantitative estimate of drug-likeness (QED) is 0.745. The molecule has 2 N–H and O–H groups in total. The fourth-order valence-electron chi connectivity index (χ4n) is 3.54. The lowest BCUT2D eigenvalue weighted by Gasteiger charge is -2.32. The molecule has 4 rings (SSSR count). The van der Waals surface area contributed by atoms with Crippen LogP contribution in [0.25, 0.3) is 0 Å². The van der Waals surface area contributed by atoms with E-state index in [9.17, 15) is 22.2 Å². The number of fused-ring (bicyclic) bond motifs is 2. The summed E-state index contributed by atoms with van der Waals surface area (Å²) < 4.78 is 54.8. The molecule has 0 spiro atoms. The third kappa shape index (κ3) is 3.51. The minimum Gasteiger partial charge on any atom is -0.382 e. The fraction of sp³-hybridized carbons (Fsp3) is 0.316. The first-order valence-electron chi connectivity index (χ1n) is 8.96. The van der Waals surface area contributed by atoms with Gasteiger partial charge >= 0.3 is 0 Å². The van der Waals surface area contributed by atoms with Crippen molar-refractivity contribution >= 4 is 28.3 Å². The summed E-state index contributed by atoms with van der Waals surface area (Å²) in [5, 5.41) is 5.63. The Bertz CT molecular complexity index is 946. The highest BCUT2D eigenvalue weighted by molar-refractivity contribution is 7.82. The molecule has 2 atom stereocenters. The molecule has 148 valence electrons. The minimum absolute atomic E-state index is 0.171. The number of carbonyl (C=O) groups is 1. The number of anilines is 2. The van der Waals surface area contributed by atoms with Crippen molar-refractivity contribution in [3.8, 4) is 0 Å². The zero-order chi connectivity index (χ0) is 19.8. The molecule has 5 nitrogen and oxygen atoms in total. The average molecular weight is 409 g/mol. The van der Waals surface area contributed by atoms with Gasteiger partial charge in [-0.25, -0.2) is 21.7 Å². The van der Waals surface area contributed by atoms with E-state index in [1.165, 1.54) is 6.07 Å². The highest BCUT2D eigenvalue weighted by atomic mass is 32.2. The van der Waals surface area contributed by atoms with Gasteiger partial charge in [-0.1, -0.05) is 6.42 Å². The Hall–Kier alpha value is -2.39. The number of nitrogens with one attached hydrogen (secondary N) is 2. The number of halogens is 3. The van der Waals surface area contributed by atoms with Gasteiger partial charge in [0.1, 0.15) is 11.0 Å². The van der Waals surface area contributed by atoms with E-state index < -0.39 is 34.3 Å². The number of benzene rings is 2. The van der Waals surface area contributed by atoms with Crippen LogP contribution in [0, 0.1) is 17.5 Å². The highest BCUT2D eigenvalue weighted by Crippen LogP contribution is 2.31. The zero-order valence-electron chi connectivity index (χ0n) is 14.8. The molecule has 0 aromatic heterocycles. The highest BCUT2D eigenvalue weighted by Gasteiger charge is 2.32. The molecule has 0 saturated carbocycles. The van der Waals surface area contributed by atoms with Gasteiger partial charge in [0.15, 0.2) is 17.5 Å². The lowest BCUT2D eigenvalue weighted by atomic mass is 10.0. The Morgan fingerprint density at radius 1 is 1.14 bits per heavy atom. The van der Waals surface area contributed by atoms with E-state index in [0.717, 1.165) is 25.8 Å². The first-order chi connectivity index (χ1) is 13.4. The fourth-order valence-corrected chi connectivity index (χ4v) is 5.09. The van der Waals surface area contributed by atoms with Crippen molar-refractivity contribution in [1.82, 2.24) is 4.31 Å². The Balaban J connectivity index is 1.60. The number of hydrogen-bond acceptors (Lipinski definition) is 3. The second kappa shape index (κ2) is 7.56. The molecule has 2 aromatic carbocycles. The summed E-state index contributed by atoms with van der Waals surface area (Å²) >= 11 is 0. The molecule has 1 fully saturated rings. The van der Waals surface area contributed by atoms with E-state index >= 15 is 0 Å². The molecule has 2 unspecified atom stereocenters. The van der Waals surface area contributed by atoms with Gasteiger partial charge in [-0.3, -0.25) is 4.79 Å². The molecule has 0 aliphatic carbocycles. The van der Waals surface area contributed by atoms with Gasteiger partial charge in [-0.2, -0.15) is 0 Å². The summed E-state index contributed by atoms with van der Waals surface area (Å²) in [5.41, 5.74) is 0.685. The molecule has 28 heavy (non-hydrogen) atoms. The third-order valence-corrected chi connectivity index (χ3v) is 6.61. The molecule has 2 aliphatic rings. The molecule has 2 aromatic rings. The van der Waals surface area contributed by atoms with Gasteiger partial charge in [0.2, 0.25) is 0 Å². The predicted octanol–water partition coefficient (Wildman–Crippen LogP) is 3.66. The number of nitrogens with zero attached hydrogens (tertiary/aromatic N) is 1. The molecule has 1 amide bonds. The summed E-state index contributed by atoms with van der Waals surface area (Å²) in [5.74, 6) is -5.01. The van der Waals surface area contributed by atoms with Crippen molar-refractivity contribution in [3.05, 3.63) is 53.3 Å². The van der Waals surface area contributed by atoms with E-state index in [1.54, 1.807) is 12.1 Å². The van der Waals surface area contributed by atoms with Gasteiger partial charge in [0.25, 0.3) is 5.91 Å². The summed E-state index contributed by atoms with van der Waals surface area (Å²) in [7, 11) is -1.41. The molecule has 0 radical (unpaired) electrons. The van der Waals surface area contributed by atoms with E-state index in [2.05, 4.69) is 10.6 Å². The van der Waals surface area contributed by atoms with Gasteiger partial charge < -0.3 is 10.6 Å². The number of piperidine rings is 1. The smallest absolute Gasteiger partial charge is 0.255 e. The van der Waals surface area contributed by atoms with Crippen molar-refractivity contribution in [1.29, 1.82) is 0 Å². The van der Waals surface area contributed by atoms with Gasteiger partial charge in [0.05, 0.1) is 10.6 Å². The monoisotopic (exact) mass is 409 g/mol. The van der Waals surface area contributed by atoms with Crippen LogP contribution in [-0.4, -0.2) is 33.6 Å². The lowest BCUT2D eigenvalue weighted by Crippen LogP contribution is -2.42. The molecular weight excluding hydrogens is 391 g/mol. The number of carbonyl (C=O) groups excluding carboxylic acids is 1. The Labute approximate surface area is 162 Å². The number of amides is 1. The normalized spacial score (nSPS) is 21.8. The maximum absolute atomic E-state index is 13.4. The number of hydrogen-bond donors (Lipinski definition) is 2. The van der Waals surface area contributed by atoms with Crippen LogP contribution in [0.15, 0.2) is 35.2 Å². The SMILES string of the molecule is O=C(Nc1cc(F)c(F)c(F)c1)c1ccc2c(c1)S(=O)N1CCCCC1CN2. The Morgan fingerprint density at radius 2 is 1.89 bits per heavy atom. The van der Waals surface area contributed by atoms with Gasteiger partial charge in [-0.05, 0) is 31.0 Å². The molecule has 2 aliphatic heterocycles. The molecule has 9 heteroatoms. The molecule has 0 bridgehead atoms. The topological polar surface area (TPSA) is 61.4 Å². The van der Waals surface area contributed by atoms with Crippen LogP contribution in [0.3, 0.4) is 0 Å². The van der Waals surface area contributed by atoms with Crippen LogP contribution in [-0.2, 0) is 11.0 Å². The van der Waals surface area contributed by atoms with Crippen LogP contribution in [0.1, 0.15) is 29.6 Å². The number of rotatable bonds is 2. The van der Waals surface area contributed by atoms with Crippen molar-refractivity contribution in [3.63, 3.8) is 0 Å². The van der Waals surface area contributed by atoms with Crippen LogP contribution in [0.4, 0.5) is 24.5 Å². The predicted molar refractivity (Wildman–Crippen MR) is 100.0 cm³/mol. The molecule has 1 saturated heterocycles. The molecular formula is C19H18F3N3O2S. The zero-order valence-corrected chi connectivity index (χ0v) is 15.6. The van der Waals surface area contributed by atoms with Crippen LogP contribution in [0.2, 0.25) is 0 Å². The van der Waals surface area contributed by atoms with Crippen molar-refractivity contribution in [2.45, 2.75) is 30.2 Å².